The predicted octanol–water partition coefficient (Wildman–Crippen LogP) is 5.62. The molecule has 0 aliphatic carbocycles. The summed E-state index contributed by atoms with van der Waals surface area (Å²) >= 11 is 11.7. The highest BCUT2D eigenvalue weighted by molar-refractivity contribution is 9.11. The van der Waals surface area contributed by atoms with Crippen LogP contribution < -0.4 is 4.90 Å². The third-order valence-corrected chi connectivity index (χ3v) is 7.86. The van der Waals surface area contributed by atoms with Crippen LogP contribution in [0.15, 0.2) is 70.6 Å². The van der Waals surface area contributed by atoms with Crippen LogP contribution in [0.5, 0.6) is 0 Å². The molecule has 2 atom stereocenters. The quantitative estimate of drug-likeness (QED) is 0.436. The van der Waals surface area contributed by atoms with Gasteiger partial charge in [-0.3, -0.25) is 9.69 Å². The van der Waals surface area contributed by atoms with Gasteiger partial charge in [0.15, 0.2) is 0 Å². The van der Waals surface area contributed by atoms with Crippen molar-refractivity contribution in [3.63, 3.8) is 0 Å². The highest BCUT2D eigenvalue weighted by Crippen LogP contribution is 2.60. The van der Waals surface area contributed by atoms with Gasteiger partial charge >= 0.3 is 0 Å². The second-order valence-corrected chi connectivity index (χ2v) is 9.23. The number of carbonyl (C=O) groups is 1. The molecule has 0 radical (unpaired) electrons. The van der Waals surface area contributed by atoms with Crippen LogP contribution in [0.25, 0.3) is 5.69 Å². The van der Waals surface area contributed by atoms with Crippen LogP contribution in [-0.4, -0.2) is 27.2 Å². The lowest BCUT2D eigenvalue weighted by Gasteiger charge is -2.52. The predicted molar refractivity (Wildman–Crippen MR) is 123 cm³/mol. The Hall–Kier alpha value is -2.06. The Bertz CT molecular complexity index is 1150. The maximum absolute atomic E-state index is 13.4. The monoisotopic (exact) mass is 501 g/mol. The Labute approximate surface area is 191 Å². The number of ether oxygens (including phenoxy) is 1. The Morgan fingerprint density at radius 3 is 2.40 bits per heavy atom. The number of amides is 1. The van der Waals surface area contributed by atoms with E-state index >= 15 is 0 Å². The van der Waals surface area contributed by atoms with E-state index in [9.17, 15) is 4.79 Å². The number of thioether (sulfide) groups is 1. The van der Waals surface area contributed by atoms with E-state index < -0.39 is 11.0 Å². The number of para-hydroxylation sites is 2. The minimum atomic E-state index is -1.05. The van der Waals surface area contributed by atoms with Gasteiger partial charge in [-0.15, -0.1) is 0 Å². The van der Waals surface area contributed by atoms with Gasteiger partial charge in [0, 0.05) is 16.2 Å². The molecule has 1 amide bonds. The van der Waals surface area contributed by atoms with Gasteiger partial charge < -0.3 is 4.74 Å². The summed E-state index contributed by atoms with van der Waals surface area (Å²) in [7, 11) is 0. The maximum atomic E-state index is 13.4. The number of aryl methyl sites for hydroxylation is 1. The molecule has 5 nitrogen and oxygen atoms in total. The Morgan fingerprint density at radius 1 is 1.17 bits per heavy atom. The molecule has 8 heteroatoms. The van der Waals surface area contributed by atoms with E-state index in [4.69, 9.17) is 16.3 Å². The first-order valence-corrected chi connectivity index (χ1v) is 11.5. The molecule has 2 aliphatic heterocycles. The molecule has 0 bridgehead atoms. The number of anilines is 1. The molecule has 2 fully saturated rings. The van der Waals surface area contributed by atoms with E-state index in [1.54, 1.807) is 9.58 Å². The molecule has 152 valence electrons. The molecule has 0 saturated carbocycles. The molecule has 2 aliphatic rings. The number of benzene rings is 2. The summed E-state index contributed by atoms with van der Waals surface area (Å²) in [5, 5.41) is 5.17. The summed E-state index contributed by atoms with van der Waals surface area (Å²) in [4.78, 5) is 16.9. The van der Waals surface area contributed by atoms with E-state index in [2.05, 4.69) is 21.0 Å². The van der Waals surface area contributed by atoms with Crippen molar-refractivity contribution in [3.05, 3.63) is 87.0 Å². The van der Waals surface area contributed by atoms with Gasteiger partial charge in [-0.2, -0.15) is 5.10 Å². The van der Waals surface area contributed by atoms with E-state index in [0.717, 1.165) is 27.5 Å². The Morgan fingerprint density at radius 2 is 1.80 bits per heavy atom. The first-order chi connectivity index (χ1) is 14.6. The first-order valence-electron chi connectivity index (χ1n) is 9.38. The molecule has 0 N–H and O–H groups in total. The molecular weight excluding hydrogens is 486 g/mol. The first kappa shape index (κ1) is 19.9. The van der Waals surface area contributed by atoms with Crippen molar-refractivity contribution >= 4 is 50.9 Å². The Kier molecular flexibility index (Phi) is 5.01. The zero-order chi connectivity index (χ0) is 20.9. The number of rotatable bonds is 3. The molecule has 1 aromatic heterocycles. The minimum absolute atomic E-state index is 0.0871. The van der Waals surface area contributed by atoms with Gasteiger partial charge in [-0.25, -0.2) is 4.68 Å². The number of hydrogen-bond donors (Lipinski definition) is 0. The average molecular weight is 503 g/mol. The van der Waals surface area contributed by atoms with Crippen molar-refractivity contribution in [1.29, 1.82) is 0 Å². The average Bonchev–Trinajstić information content (AvgIpc) is 3.36. The highest BCUT2D eigenvalue weighted by atomic mass is 79.9. The lowest BCUT2D eigenvalue weighted by Crippen LogP contribution is -2.67. The van der Waals surface area contributed by atoms with Crippen molar-refractivity contribution < 1.29 is 9.53 Å². The number of hydrogen-bond acceptors (Lipinski definition) is 4. The van der Waals surface area contributed by atoms with Gasteiger partial charge in [0.25, 0.3) is 5.91 Å². The smallest absolute Gasteiger partial charge is 0.273 e. The summed E-state index contributed by atoms with van der Waals surface area (Å²) in [5.41, 5.74) is 3.24. The molecule has 1 spiro atoms. The standard InChI is InChI=1S/C22H17BrClN3O2S/c1-14-18(20(24)27(25-14)16-10-6-3-7-11-16)19-22(29-13-17(12-23)30-22)21(28)26(19)15-8-4-2-5-9-15/h2-12,19H,13H2,1H3/b17-12+/t19-,22+/m1/s1. The third kappa shape index (κ3) is 2.87. The fraction of sp³-hybridized carbons (Fsp3) is 0.182. The summed E-state index contributed by atoms with van der Waals surface area (Å²) in [6.07, 6.45) is 0. The largest absolute Gasteiger partial charge is 0.347 e. The summed E-state index contributed by atoms with van der Waals surface area (Å²) in [5.74, 6) is -0.0871. The molecule has 2 aromatic carbocycles. The molecule has 2 saturated heterocycles. The molecule has 0 unspecified atom stereocenters. The van der Waals surface area contributed by atoms with Crippen molar-refractivity contribution in [3.8, 4) is 5.69 Å². The number of β-lactam (4-membered cyclic amide) rings is 1. The van der Waals surface area contributed by atoms with Crippen LogP contribution in [-0.2, 0) is 9.53 Å². The van der Waals surface area contributed by atoms with Gasteiger partial charge in [0.1, 0.15) is 11.2 Å². The van der Waals surface area contributed by atoms with Crippen LogP contribution >= 0.6 is 39.3 Å². The number of carbonyl (C=O) groups excluding carboxylic acids is 1. The van der Waals surface area contributed by atoms with Gasteiger partial charge in [0.2, 0.25) is 4.93 Å². The zero-order valence-corrected chi connectivity index (χ0v) is 19.1. The topological polar surface area (TPSA) is 47.4 Å². The summed E-state index contributed by atoms with van der Waals surface area (Å²) in [6, 6.07) is 18.9. The van der Waals surface area contributed by atoms with Crippen LogP contribution in [0.1, 0.15) is 17.3 Å². The molecule has 3 aromatic rings. The molecule has 3 heterocycles. The summed E-state index contributed by atoms with van der Waals surface area (Å²) < 4.78 is 7.83. The fourth-order valence-corrected chi connectivity index (χ4v) is 5.95. The number of halogens is 2. The highest BCUT2D eigenvalue weighted by Gasteiger charge is 2.67. The maximum Gasteiger partial charge on any atom is 0.273 e. The van der Waals surface area contributed by atoms with Crippen molar-refractivity contribution in [2.24, 2.45) is 0 Å². The minimum Gasteiger partial charge on any atom is -0.347 e. The molecule has 30 heavy (non-hydrogen) atoms. The summed E-state index contributed by atoms with van der Waals surface area (Å²) in [6.45, 7) is 2.30. The van der Waals surface area contributed by atoms with Crippen LogP contribution in [0.3, 0.4) is 0 Å². The van der Waals surface area contributed by atoms with Crippen molar-refractivity contribution in [2.45, 2.75) is 17.9 Å². The third-order valence-electron chi connectivity index (χ3n) is 5.32. The molecule has 5 rings (SSSR count). The van der Waals surface area contributed by atoms with E-state index in [-0.39, 0.29) is 5.91 Å². The van der Waals surface area contributed by atoms with Gasteiger partial charge in [0.05, 0.1) is 18.0 Å². The normalized spacial score (nSPS) is 24.6. The van der Waals surface area contributed by atoms with E-state index in [1.165, 1.54) is 11.8 Å². The van der Waals surface area contributed by atoms with Crippen molar-refractivity contribution in [2.75, 3.05) is 11.5 Å². The Balaban J connectivity index is 1.66. The van der Waals surface area contributed by atoms with Crippen LogP contribution in [0.2, 0.25) is 5.15 Å². The lowest BCUT2D eigenvalue weighted by molar-refractivity contribution is -0.145. The van der Waals surface area contributed by atoms with Crippen molar-refractivity contribution in [1.82, 2.24) is 9.78 Å². The zero-order valence-electron chi connectivity index (χ0n) is 16.0. The van der Waals surface area contributed by atoms with Gasteiger partial charge in [-0.1, -0.05) is 75.7 Å². The second-order valence-electron chi connectivity index (χ2n) is 7.08. The van der Waals surface area contributed by atoms with Crippen LogP contribution in [0, 0.1) is 6.92 Å². The fourth-order valence-electron chi connectivity index (χ4n) is 3.97. The van der Waals surface area contributed by atoms with E-state index in [1.807, 2.05) is 72.6 Å². The second kappa shape index (κ2) is 7.57. The molecular formula is C22H17BrClN3O2S. The van der Waals surface area contributed by atoms with Gasteiger partial charge in [-0.05, 0) is 36.2 Å². The lowest BCUT2D eigenvalue weighted by atomic mass is 9.89. The number of aromatic nitrogens is 2. The number of nitrogens with zero attached hydrogens (tertiary/aromatic N) is 3. The van der Waals surface area contributed by atoms with E-state index in [0.29, 0.717) is 11.8 Å². The SMILES string of the molecule is Cc1nn(-c2ccccc2)c(Cl)c1[C@H]1N(c2ccccc2)C(=O)[C@]12OC/C(=C\Br)S2. The van der Waals surface area contributed by atoms with Crippen LogP contribution in [0.4, 0.5) is 5.69 Å².